The number of carbonyl (C=O) groups is 2. The number of rotatable bonds is 10. The summed E-state index contributed by atoms with van der Waals surface area (Å²) in [5.41, 5.74) is 0.696. The molecule has 0 aliphatic heterocycles. The number of amides is 1. The first-order valence-electron chi connectivity index (χ1n) is 8.98. The molecule has 0 spiro atoms. The molecule has 0 saturated carbocycles. The zero-order valence-corrected chi connectivity index (χ0v) is 17.3. The van der Waals surface area contributed by atoms with Crippen molar-refractivity contribution in [3.63, 3.8) is 0 Å². The fourth-order valence-electron chi connectivity index (χ4n) is 2.63. The first kappa shape index (κ1) is 23.5. The Labute approximate surface area is 175 Å². The third-order valence-electron chi connectivity index (χ3n) is 4.08. The molecule has 2 rings (SSSR count). The van der Waals surface area contributed by atoms with E-state index in [1.54, 1.807) is 6.07 Å². The summed E-state index contributed by atoms with van der Waals surface area (Å²) >= 11 is 1.42. The van der Waals surface area contributed by atoms with E-state index in [2.05, 4.69) is 10.1 Å². The molecule has 2 aromatic rings. The van der Waals surface area contributed by atoms with Crippen LogP contribution in [-0.2, 0) is 20.7 Å². The lowest BCUT2D eigenvalue weighted by Crippen LogP contribution is -2.30. The number of esters is 1. The van der Waals surface area contributed by atoms with Gasteiger partial charge in [0.15, 0.2) is 18.1 Å². The van der Waals surface area contributed by atoms with E-state index >= 15 is 0 Å². The number of nitrogens with one attached hydrogen (secondary N) is 1. The molecule has 10 heteroatoms. The normalized spacial score (nSPS) is 12.2. The maximum absolute atomic E-state index is 12.4. The van der Waals surface area contributed by atoms with Crippen LogP contribution in [0.5, 0.6) is 11.5 Å². The monoisotopic (exact) mass is 445 g/mol. The second-order valence-electron chi connectivity index (χ2n) is 6.30. The lowest BCUT2D eigenvalue weighted by molar-refractivity contribution is -0.153. The highest BCUT2D eigenvalue weighted by atomic mass is 32.1. The van der Waals surface area contributed by atoms with Crippen LogP contribution in [0.1, 0.15) is 29.3 Å². The number of halogens is 3. The minimum Gasteiger partial charge on any atom is -0.493 e. The maximum Gasteiger partial charge on any atom is 0.422 e. The van der Waals surface area contributed by atoms with Crippen molar-refractivity contribution in [1.29, 1.82) is 0 Å². The van der Waals surface area contributed by atoms with Crippen LogP contribution >= 0.6 is 11.3 Å². The number of benzene rings is 1. The third-order valence-corrected chi connectivity index (χ3v) is 5.07. The van der Waals surface area contributed by atoms with Crippen molar-refractivity contribution in [2.24, 2.45) is 0 Å². The van der Waals surface area contributed by atoms with E-state index in [1.165, 1.54) is 37.7 Å². The molecule has 1 N–H and O–H groups in total. The molecule has 0 aliphatic carbocycles. The number of hydrogen-bond donors (Lipinski definition) is 1. The van der Waals surface area contributed by atoms with Gasteiger partial charge in [0, 0.05) is 11.3 Å². The van der Waals surface area contributed by atoms with Gasteiger partial charge >= 0.3 is 12.1 Å². The van der Waals surface area contributed by atoms with Crippen LogP contribution in [0.4, 0.5) is 13.2 Å². The molecule has 0 radical (unpaired) electrons. The predicted octanol–water partition coefficient (Wildman–Crippen LogP) is 4.05. The maximum atomic E-state index is 12.4. The van der Waals surface area contributed by atoms with Crippen molar-refractivity contribution in [1.82, 2.24) is 5.32 Å². The number of carbonyl (C=O) groups excluding carboxylic acids is 2. The minimum absolute atomic E-state index is 0.0157. The first-order valence-corrected chi connectivity index (χ1v) is 9.86. The standard InChI is InChI=1S/C20H22F3NO5S/c1-27-16-10-13(5-7-15(16)29-12-20(21,22)23)6-8-18(25)24-14(11-19(26)28-2)17-4-3-9-30-17/h3-5,7,9-10,14H,6,8,11-12H2,1-2H3,(H,24,25). The van der Waals surface area contributed by atoms with E-state index in [1.807, 2.05) is 17.5 Å². The van der Waals surface area contributed by atoms with E-state index in [-0.39, 0.29) is 30.2 Å². The zero-order valence-electron chi connectivity index (χ0n) is 16.5. The van der Waals surface area contributed by atoms with Crippen LogP contribution in [0.15, 0.2) is 35.7 Å². The van der Waals surface area contributed by atoms with Gasteiger partial charge in [0.1, 0.15) is 0 Å². The second-order valence-corrected chi connectivity index (χ2v) is 7.28. The largest absolute Gasteiger partial charge is 0.493 e. The third kappa shape index (κ3) is 7.58. The summed E-state index contributed by atoms with van der Waals surface area (Å²) in [4.78, 5) is 24.9. The molecule has 0 fully saturated rings. The molecule has 1 aromatic carbocycles. The Morgan fingerprint density at radius 2 is 1.93 bits per heavy atom. The number of alkyl halides is 3. The van der Waals surface area contributed by atoms with E-state index in [0.29, 0.717) is 12.0 Å². The van der Waals surface area contributed by atoms with E-state index in [0.717, 1.165) is 4.88 Å². The average molecular weight is 445 g/mol. The molecule has 0 saturated heterocycles. The van der Waals surface area contributed by atoms with Gasteiger partial charge in [0.25, 0.3) is 0 Å². The van der Waals surface area contributed by atoms with Crippen molar-refractivity contribution in [3.8, 4) is 11.5 Å². The van der Waals surface area contributed by atoms with Crippen LogP contribution in [-0.4, -0.2) is 38.9 Å². The lowest BCUT2D eigenvalue weighted by atomic mass is 10.1. The van der Waals surface area contributed by atoms with Gasteiger partial charge in [-0.15, -0.1) is 11.3 Å². The summed E-state index contributed by atoms with van der Waals surface area (Å²) in [6.07, 6.45) is -3.99. The summed E-state index contributed by atoms with van der Waals surface area (Å²) in [5.74, 6) is -0.584. The van der Waals surface area contributed by atoms with Crippen LogP contribution < -0.4 is 14.8 Å². The highest BCUT2D eigenvalue weighted by molar-refractivity contribution is 7.10. The summed E-state index contributed by atoms with van der Waals surface area (Å²) in [6.45, 7) is -1.42. The van der Waals surface area contributed by atoms with Gasteiger partial charge in [0.2, 0.25) is 5.91 Å². The zero-order chi connectivity index (χ0) is 22.1. The summed E-state index contributed by atoms with van der Waals surface area (Å²) in [6, 6.07) is 7.65. The Hall–Kier alpha value is -2.75. The van der Waals surface area contributed by atoms with Gasteiger partial charge in [-0.1, -0.05) is 12.1 Å². The fraction of sp³-hybridized carbons (Fsp3) is 0.400. The van der Waals surface area contributed by atoms with Crippen LogP contribution in [0, 0.1) is 0 Å². The molecule has 164 valence electrons. The van der Waals surface area contributed by atoms with Gasteiger partial charge in [-0.3, -0.25) is 9.59 Å². The molecule has 1 aromatic heterocycles. The van der Waals surface area contributed by atoms with Crippen LogP contribution in [0.2, 0.25) is 0 Å². The molecular formula is C20H22F3NO5S. The van der Waals surface area contributed by atoms with E-state index in [9.17, 15) is 22.8 Å². The molecule has 0 aliphatic rings. The van der Waals surface area contributed by atoms with Crippen molar-refractivity contribution in [3.05, 3.63) is 46.2 Å². The van der Waals surface area contributed by atoms with Gasteiger partial charge in [-0.25, -0.2) is 0 Å². The van der Waals surface area contributed by atoms with Crippen molar-refractivity contribution >= 4 is 23.2 Å². The number of thiophene rings is 1. The van der Waals surface area contributed by atoms with Gasteiger partial charge in [-0.05, 0) is 35.6 Å². The summed E-state index contributed by atoms with van der Waals surface area (Å²) in [5, 5.41) is 4.67. The number of aryl methyl sites for hydroxylation is 1. The van der Waals surface area contributed by atoms with Crippen molar-refractivity contribution in [2.45, 2.75) is 31.5 Å². The fourth-order valence-corrected chi connectivity index (χ4v) is 3.41. The number of methoxy groups -OCH3 is 2. The van der Waals surface area contributed by atoms with Crippen LogP contribution in [0.3, 0.4) is 0 Å². The molecule has 30 heavy (non-hydrogen) atoms. The Morgan fingerprint density at radius 3 is 2.53 bits per heavy atom. The molecule has 1 atom stereocenters. The highest BCUT2D eigenvalue weighted by Crippen LogP contribution is 2.30. The summed E-state index contributed by atoms with van der Waals surface area (Å²) < 4.78 is 51.5. The SMILES string of the molecule is COC(=O)CC(NC(=O)CCc1ccc(OCC(F)(F)F)c(OC)c1)c1cccs1. The van der Waals surface area contributed by atoms with E-state index in [4.69, 9.17) is 9.47 Å². The quantitative estimate of drug-likeness (QED) is 0.559. The molecule has 1 amide bonds. The van der Waals surface area contributed by atoms with Gasteiger partial charge in [-0.2, -0.15) is 13.2 Å². The smallest absolute Gasteiger partial charge is 0.422 e. The number of ether oxygens (including phenoxy) is 3. The predicted molar refractivity (Wildman–Crippen MR) is 105 cm³/mol. The Morgan fingerprint density at radius 1 is 1.17 bits per heavy atom. The Bertz CT molecular complexity index is 839. The second kappa shape index (κ2) is 10.9. The van der Waals surface area contributed by atoms with E-state index < -0.39 is 24.8 Å². The van der Waals surface area contributed by atoms with Gasteiger partial charge in [0.05, 0.1) is 26.7 Å². The lowest BCUT2D eigenvalue weighted by Gasteiger charge is -2.17. The molecule has 0 bridgehead atoms. The Kier molecular flexibility index (Phi) is 8.52. The first-order chi connectivity index (χ1) is 14.2. The minimum atomic E-state index is -4.45. The molecule has 1 heterocycles. The van der Waals surface area contributed by atoms with Gasteiger partial charge < -0.3 is 19.5 Å². The Balaban J connectivity index is 1.96. The molecular weight excluding hydrogens is 423 g/mol. The topological polar surface area (TPSA) is 73.9 Å². The number of hydrogen-bond acceptors (Lipinski definition) is 6. The molecule has 6 nitrogen and oxygen atoms in total. The summed E-state index contributed by atoms with van der Waals surface area (Å²) in [7, 11) is 2.61. The average Bonchev–Trinajstić information content (AvgIpc) is 3.24. The van der Waals surface area contributed by atoms with Crippen molar-refractivity contribution in [2.75, 3.05) is 20.8 Å². The molecule has 1 unspecified atom stereocenters. The van der Waals surface area contributed by atoms with Crippen molar-refractivity contribution < 1.29 is 37.0 Å². The highest BCUT2D eigenvalue weighted by Gasteiger charge is 2.29. The van der Waals surface area contributed by atoms with Crippen LogP contribution in [0.25, 0.3) is 0 Å².